The number of hydrogen-bond acceptors (Lipinski definition) is 7. The zero-order valence-corrected chi connectivity index (χ0v) is 14.1. The summed E-state index contributed by atoms with van der Waals surface area (Å²) in [7, 11) is -1.55. The van der Waals surface area contributed by atoms with Gasteiger partial charge in [0.05, 0.1) is 11.9 Å². The van der Waals surface area contributed by atoms with Gasteiger partial charge in [-0.1, -0.05) is 17.3 Å². The summed E-state index contributed by atoms with van der Waals surface area (Å²) in [5.41, 5.74) is 0.762. The molecule has 1 aromatic carbocycles. The summed E-state index contributed by atoms with van der Waals surface area (Å²) in [6, 6.07) is 7.23. The van der Waals surface area contributed by atoms with Crippen LogP contribution in [-0.2, 0) is 9.84 Å². The highest BCUT2D eigenvalue weighted by Gasteiger charge is 2.56. The molecule has 0 aliphatic heterocycles. The Balaban J connectivity index is 1.77. The van der Waals surface area contributed by atoms with Crippen molar-refractivity contribution in [3.05, 3.63) is 24.3 Å². The summed E-state index contributed by atoms with van der Waals surface area (Å²) in [5, 5.41) is 6.95. The van der Waals surface area contributed by atoms with Gasteiger partial charge < -0.3 is 14.6 Å². The molecule has 1 fully saturated rings. The van der Waals surface area contributed by atoms with Gasteiger partial charge in [-0.25, -0.2) is 8.42 Å². The second-order valence-electron chi connectivity index (χ2n) is 5.86. The van der Waals surface area contributed by atoms with Gasteiger partial charge in [-0.05, 0) is 31.9 Å². The monoisotopic (exact) mass is 337 g/mol. The topological polar surface area (TPSA) is 94.3 Å². The summed E-state index contributed by atoms with van der Waals surface area (Å²) >= 11 is 0. The molecule has 2 aromatic rings. The smallest absolute Gasteiger partial charge is 0.322 e. The zero-order valence-electron chi connectivity index (χ0n) is 13.2. The fourth-order valence-corrected chi connectivity index (χ4v) is 4.27. The molecule has 1 aliphatic carbocycles. The third kappa shape index (κ3) is 2.90. The fourth-order valence-electron chi connectivity index (χ4n) is 2.73. The maximum absolute atomic E-state index is 11.9. The van der Waals surface area contributed by atoms with Crippen molar-refractivity contribution >= 4 is 15.9 Å². The molecule has 1 atom stereocenters. The first kappa shape index (κ1) is 15.8. The van der Waals surface area contributed by atoms with Crippen molar-refractivity contribution in [3.8, 4) is 17.1 Å². The normalized spacial score (nSPS) is 17.5. The Morgan fingerprint density at radius 1 is 1.39 bits per heavy atom. The first-order valence-corrected chi connectivity index (χ1v) is 9.19. The van der Waals surface area contributed by atoms with Gasteiger partial charge in [0.25, 0.3) is 0 Å². The average molecular weight is 337 g/mol. The molecule has 1 aliphatic rings. The summed E-state index contributed by atoms with van der Waals surface area (Å²) < 4.78 is 33.5. The van der Waals surface area contributed by atoms with Crippen molar-refractivity contribution in [2.24, 2.45) is 0 Å². The number of sulfone groups is 1. The number of rotatable bonds is 6. The Labute approximate surface area is 135 Å². The van der Waals surface area contributed by atoms with Crippen molar-refractivity contribution in [1.29, 1.82) is 0 Å². The highest BCUT2D eigenvalue weighted by atomic mass is 32.2. The molecule has 0 unspecified atom stereocenters. The molecule has 3 rings (SSSR count). The molecular weight excluding hydrogens is 318 g/mol. The first-order valence-electron chi connectivity index (χ1n) is 7.30. The molecule has 1 saturated carbocycles. The van der Waals surface area contributed by atoms with Crippen molar-refractivity contribution in [1.82, 2.24) is 10.1 Å². The molecule has 0 saturated heterocycles. The second-order valence-corrected chi connectivity index (χ2v) is 8.22. The fraction of sp³-hybridized carbons (Fsp3) is 0.467. The quantitative estimate of drug-likeness (QED) is 0.862. The lowest BCUT2D eigenvalue weighted by molar-refractivity contribution is 0.414. The van der Waals surface area contributed by atoms with Crippen molar-refractivity contribution in [2.45, 2.75) is 30.6 Å². The second kappa shape index (κ2) is 5.52. The van der Waals surface area contributed by atoms with Gasteiger partial charge in [-0.2, -0.15) is 4.98 Å². The Morgan fingerprint density at radius 2 is 2.13 bits per heavy atom. The van der Waals surface area contributed by atoms with Crippen LogP contribution in [0.25, 0.3) is 11.4 Å². The van der Waals surface area contributed by atoms with Crippen LogP contribution in [0, 0.1) is 0 Å². The molecule has 7 nitrogen and oxygen atoms in total. The number of aromatic nitrogens is 2. The van der Waals surface area contributed by atoms with E-state index >= 15 is 0 Å². The maximum Gasteiger partial charge on any atom is 0.322 e. The van der Waals surface area contributed by atoms with E-state index in [4.69, 9.17) is 9.26 Å². The van der Waals surface area contributed by atoms with Crippen LogP contribution in [0.5, 0.6) is 5.75 Å². The minimum absolute atomic E-state index is 0.213. The highest BCUT2D eigenvalue weighted by molar-refractivity contribution is 7.92. The van der Waals surface area contributed by atoms with Gasteiger partial charge in [0, 0.05) is 17.9 Å². The molecule has 0 bridgehead atoms. The van der Waals surface area contributed by atoms with Crippen LogP contribution in [0.1, 0.15) is 19.8 Å². The first-order chi connectivity index (χ1) is 10.9. The molecule has 0 radical (unpaired) electrons. The number of ether oxygens (including phenoxy) is 1. The molecular formula is C15H19N3O4S. The molecule has 1 aromatic heterocycles. The number of methoxy groups -OCH3 is 1. The molecule has 8 heteroatoms. The van der Waals surface area contributed by atoms with E-state index in [2.05, 4.69) is 15.5 Å². The van der Waals surface area contributed by atoms with Gasteiger partial charge in [0.2, 0.25) is 5.82 Å². The van der Waals surface area contributed by atoms with E-state index in [1.807, 2.05) is 25.1 Å². The summed E-state index contributed by atoms with van der Waals surface area (Å²) in [4.78, 5) is 4.28. The SMILES string of the molecule is COc1cccc(-c2noc(N[C@@H](C)C3(S(C)(=O)=O)CC3)n2)c1. The lowest BCUT2D eigenvalue weighted by Crippen LogP contribution is -2.39. The Kier molecular flexibility index (Phi) is 3.79. The van der Waals surface area contributed by atoms with Gasteiger partial charge in [-0.3, -0.25) is 0 Å². The number of nitrogens with zero attached hydrogens (tertiary/aromatic N) is 2. The number of benzene rings is 1. The van der Waals surface area contributed by atoms with Crippen LogP contribution < -0.4 is 10.1 Å². The number of hydrogen-bond donors (Lipinski definition) is 1. The van der Waals surface area contributed by atoms with E-state index in [0.717, 1.165) is 5.56 Å². The average Bonchev–Trinajstić information content (AvgIpc) is 3.22. The maximum atomic E-state index is 11.9. The van der Waals surface area contributed by atoms with Crippen LogP contribution in [-0.4, -0.2) is 42.7 Å². The van der Waals surface area contributed by atoms with Crippen molar-refractivity contribution in [2.75, 3.05) is 18.7 Å². The molecule has 23 heavy (non-hydrogen) atoms. The van der Waals surface area contributed by atoms with E-state index < -0.39 is 14.6 Å². The number of nitrogens with one attached hydrogen (secondary N) is 1. The van der Waals surface area contributed by atoms with Crippen molar-refractivity contribution < 1.29 is 17.7 Å². The Bertz CT molecular complexity index is 812. The zero-order chi connectivity index (χ0) is 16.7. The van der Waals surface area contributed by atoms with Gasteiger partial charge in [0.15, 0.2) is 9.84 Å². The predicted molar refractivity (Wildman–Crippen MR) is 86.2 cm³/mol. The largest absolute Gasteiger partial charge is 0.497 e. The van der Waals surface area contributed by atoms with E-state index in [0.29, 0.717) is 24.4 Å². The van der Waals surface area contributed by atoms with E-state index in [-0.39, 0.29) is 12.1 Å². The third-order valence-electron chi connectivity index (χ3n) is 4.36. The molecule has 0 amide bonds. The van der Waals surface area contributed by atoms with E-state index in [1.54, 1.807) is 13.2 Å². The molecule has 0 spiro atoms. The number of anilines is 1. The highest BCUT2D eigenvalue weighted by Crippen LogP contribution is 2.46. The molecule has 124 valence electrons. The van der Waals surface area contributed by atoms with Gasteiger partial charge in [-0.15, -0.1) is 0 Å². The third-order valence-corrected chi connectivity index (χ3v) is 6.60. The predicted octanol–water partition coefficient (Wildman–Crippen LogP) is 2.12. The van der Waals surface area contributed by atoms with Gasteiger partial charge >= 0.3 is 6.01 Å². The standard InChI is InChI=1S/C15H19N3O4S/c1-10(15(7-8-15)23(3,19)20)16-14-17-13(18-22-14)11-5-4-6-12(9-11)21-2/h4-6,9-10H,7-8H2,1-3H3,(H,16,17,18)/t10-/m0/s1. The lowest BCUT2D eigenvalue weighted by Gasteiger charge is -2.21. The van der Waals surface area contributed by atoms with E-state index in [9.17, 15) is 8.42 Å². The molecule has 1 heterocycles. The van der Waals surface area contributed by atoms with Gasteiger partial charge in [0.1, 0.15) is 5.75 Å². The Hall–Kier alpha value is -2.09. The van der Waals surface area contributed by atoms with Crippen molar-refractivity contribution in [3.63, 3.8) is 0 Å². The minimum Gasteiger partial charge on any atom is -0.497 e. The molecule has 1 N–H and O–H groups in total. The summed E-state index contributed by atoms with van der Waals surface area (Å²) in [5.74, 6) is 1.12. The summed E-state index contributed by atoms with van der Waals surface area (Å²) in [6.45, 7) is 1.82. The van der Waals surface area contributed by atoms with Crippen LogP contribution >= 0.6 is 0 Å². The van der Waals surface area contributed by atoms with Crippen LogP contribution in [0.2, 0.25) is 0 Å². The van der Waals surface area contributed by atoms with Crippen LogP contribution in [0.3, 0.4) is 0 Å². The lowest BCUT2D eigenvalue weighted by atomic mass is 10.2. The van der Waals surface area contributed by atoms with Crippen LogP contribution in [0.4, 0.5) is 6.01 Å². The van der Waals surface area contributed by atoms with Crippen LogP contribution in [0.15, 0.2) is 28.8 Å². The minimum atomic E-state index is -3.13. The Morgan fingerprint density at radius 3 is 2.74 bits per heavy atom. The summed E-state index contributed by atoms with van der Waals surface area (Å²) in [6.07, 6.45) is 2.57. The van der Waals surface area contributed by atoms with E-state index in [1.165, 1.54) is 6.26 Å².